The van der Waals surface area contributed by atoms with Crippen LogP contribution in [0.1, 0.15) is 29.8 Å². The van der Waals surface area contributed by atoms with Crippen molar-refractivity contribution < 1.29 is 4.79 Å². The normalized spacial score (nSPS) is 15.9. The fourth-order valence-electron chi connectivity index (χ4n) is 2.18. The number of carbonyl (C=O) groups excluding carboxylic acids is 1. The summed E-state index contributed by atoms with van der Waals surface area (Å²) in [5.41, 5.74) is 0.608. The van der Waals surface area contributed by atoms with Crippen LogP contribution < -0.4 is 4.90 Å². The minimum Gasteiger partial charge on any atom is -0.347 e. The molecule has 94 valence electrons. The second-order valence-electron chi connectivity index (χ2n) is 4.34. The van der Waals surface area contributed by atoms with Gasteiger partial charge in [-0.15, -0.1) is 10.2 Å². The van der Waals surface area contributed by atoms with Gasteiger partial charge >= 0.3 is 0 Å². The van der Waals surface area contributed by atoms with E-state index in [1.807, 2.05) is 12.3 Å². The minimum absolute atomic E-state index is 0.608. The lowest BCUT2D eigenvalue weighted by molar-refractivity contribution is 0.111. The van der Waals surface area contributed by atoms with Crippen LogP contribution in [-0.4, -0.2) is 34.1 Å². The molecule has 0 atom stereocenters. The molecule has 1 fully saturated rings. The van der Waals surface area contributed by atoms with E-state index < -0.39 is 0 Å². The first-order valence-corrected chi connectivity index (χ1v) is 6.91. The Balaban J connectivity index is 1.86. The van der Waals surface area contributed by atoms with E-state index in [1.165, 1.54) is 30.6 Å². The van der Waals surface area contributed by atoms with Crippen LogP contribution in [0.2, 0.25) is 0 Å². The Bertz CT molecular complexity index is 542. The van der Waals surface area contributed by atoms with Gasteiger partial charge in [0.25, 0.3) is 0 Å². The number of hydrogen-bond acceptors (Lipinski definition) is 5. The Kier molecular flexibility index (Phi) is 3.10. The van der Waals surface area contributed by atoms with Crippen LogP contribution in [0.4, 0.5) is 5.13 Å². The quantitative estimate of drug-likeness (QED) is 0.795. The first-order valence-electron chi connectivity index (χ1n) is 6.10. The molecule has 2 aromatic rings. The number of aldehydes is 1. The molecule has 3 rings (SSSR count). The van der Waals surface area contributed by atoms with E-state index in [0.717, 1.165) is 29.6 Å². The SMILES string of the molecule is O=Cc1cccn1-c1nnc(N2CCCCC2)s1. The molecule has 6 heteroatoms. The highest BCUT2D eigenvalue weighted by atomic mass is 32.1. The van der Waals surface area contributed by atoms with Gasteiger partial charge in [-0.05, 0) is 31.4 Å². The molecule has 1 aliphatic heterocycles. The first kappa shape index (κ1) is 11.4. The van der Waals surface area contributed by atoms with Crippen molar-refractivity contribution in [3.63, 3.8) is 0 Å². The maximum absolute atomic E-state index is 10.9. The number of piperidine rings is 1. The molecule has 0 N–H and O–H groups in total. The minimum atomic E-state index is 0.608. The molecule has 0 bridgehead atoms. The van der Waals surface area contributed by atoms with E-state index in [9.17, 15) is 4.79 Å². The monoisotopic (exact) mass is 262 g/mol. The van der Waals surface area contributed by atoms with E-state index >= 15 is 0 Å². The third-order valence-corrected chi connectivity index (χ3v) is 4.12. The first-order chi connectivity index (χ1) is 8.88. The zero-order valence-corrected chi connectivity index (χ0v) is 10.8. The molecular formula is C12H14N4OS. The Morgan fingerprint density at radius 3 is 2.72 bits per heavy atom. The van der Waals surface area contributed by atoms with Crippen LogP contribution in [0, 0.1) is 0 Å². The van der Waals surface area contributed by atoms with Crippen molar-refractivity contribution in [3.8, 4) is 5.13 Å². The second-order valence-corrected chi connectivity index (χ2v) is 5.27. The van der Waals surface area contributed by atoms with E-state index in [2.05, 4.69) is 15.1 Å². The van der Waals surface area contributed by atoms with Gasteiger partial charge in [-0.2, -0.15) is 0 Å². The van der Waals surface area contributed by atoms with Gasteiger partial charge in [0, 0.05) is 19.3 Å². The van der Waals surface area contributed by atoms with Crippen molar-refractivity contribution in [1.29, 1.82) is 0 Å². The average Bonchev–Trinajstić information content (AvgIpc) is 3.08. The molecule has 18 heavy (non-hydrogen) atoms. The highest BCUT2D eigenvalue weighted by Crippen LogP contribution is 2.26. The van der Waals surface area contributed by atoms with Gasteiger partial charge in [-0.1, -0.05) is 11.3 Å². The van der Waals surface area contributed by atoms with Crippen molar-refractivity contribution in [2.24, 2.45) is 0 Å². The molecule has 3 heterocycles. The lowest BCUT2D eigenvalue weighted by atomic mass is 10.1. The van der Waals surface area contributed by atoms with Crippen LogP contribution >= 0.6 is 11.3 Å². The Morgan fingerprint density at radius 1 is 1.17 bits per heavy atom. The molecule has 0 aromatic carbocycles. The van der Waals surface area contributed by atoms with E-state index in [1.54, 1.807) is 10.6 Å². The van der Waals surface area contributed by atoms with Gasteiger partial charge in [-0.25, -0.2) is 0 Å². The van der Waals surface area contributed by atoms with Crippen LogP contribution in [0.15, 0.2) is 18.3 Å². The van der Waals surface area contributed by atoms with Gasteiger partial charge in [-0.3, -0.25) is 9.36 Å². The van der Waals surface area contributed by atoms with Crippen molar-refractivity contribution in [1.82, 2.24) is 14.8 Å². The topological polar surface area (TPSA) is 51.0 Å². The van der Waals surface area contributed by atoms with E-state index in [4.69, 9.17) is 0 Å². The van der Waals surface area contributed by atoms with Crippen LogP contribution in [0.3, 0.4) is 0 Å². The molecule has 2 aromatic heterocycles. The average molecular weight is 262 g/mol. The number of hydrogen-bond donors (Lipinski definition) is 0. The van der Waals surface area contributed by atoms with Gasteiger partial charge in [0.2, 0.25) is 10.3 Å². The summed E-state index contributed by atoms with van der Waals surface area (Å²) in [5, 5.41) is 10.1. The van der Waals surface area contributed by atoms with Crippen molar-refractivity contribution >= 4 is 22.8 Å². The van der Waals surface area contributed by atoms with E-state index in [0.29, 0.717) is 5.69 Å². The largest absolute Gasteiger partial charge is 0.347 e. The predicted octanol–water partition coefficient (Wildman–Crippen LogP) is 2.13. The zero-order chi connectivity index (χ0) is 12.4. The molecule has 0 unspecified atom stereocenters. The third-order valence-electron chi connectivity index (χ3n) is 3.14. The lowest BCUT2D eigenvalue weighted by Crippen LogP contribution is -2.29. The van der Waals surface area contributed by atoms with Gasteiger partial charge < -0.3 is 4.90 Å². The zero-order valence-electron chi connectivity index (χ0n) is 9.95. The maximum Gasteiger partial charge on any atom is 0.218 e. The number of aromatic nitrogens is 3. The summed E-state index contributed by atoms with van der Waals surface area (Å²) >= 11 is 1.53. The molecule has 0 radical (unpaired) electrons. The summed E-state index contributed by atoms with van der Waals surface area (Å²) in [6, 6.07) is 3.61. The number of nitrogens with zero attached hydrogens (tertiary/aromatic N) is 4. The number of anilines is 1. The summed E-state index contributed by atoms with van der Waals surface area (Å²) in [6.07, 6.45) is 6.41. The highest BCUT2D eigenvalue weighted by molar-refractivity contribution is 7.17. The fraction of sp³-hybridized carbons (Fsp3) is 0.417. The van der Waals surface area contributed by atoms with Crippen molar-refractivity contribution in [3.05, 3.63) is 24.0 Å². The van der Waals surface area contributed by atoms with Crippen LogP contribution in [0.25, 0.3) is 5.13 Å². The van der Waals surface area contributed by atoms with Gasteiger partial charge in [0.1, 0.15) is 0 Å². The molecule has 0 spiro atoms. The molecule has 0 amide bonds. The molecule has 0 aliphatic carbocycles. The Labute approximate surface area is 109 Å². The molecule has 5 nitrogen and oxygen atoms in total. The summed E-state index contributed by atoms with van der Waals surface area (Å²) < 4.78 is 1.78. The molecule has 1 aliphatic rings. The summed E-state index contributed by atoms with van der Waals surface area (Å²) in [6.45, 7) is 2.11. The Hall–Kier alpha value is -1.69. The fourth-order valence-corrected chi connectivity index (χ4v) is 3.09. The van der Waals surface area contributed by atoms with Crippen molar-refractivity contribution in [2.45, 2.75) is 19.3 Å². The van der Waals surface area contributed by atoms with Gasteiger partial charge in [0.05, 0.1) is 5.69 Å². The molecule has 1 saturated heterocycles. The van der Waals surface area contributed by atoms with Crippen molar-refractivity contribution in [2.75, 3.05) is 18.0 Å². The van der Waals surface area contributed by atoms with Gasteiger partial charge in [0.15, 0.2) is 6.29 Å². The smallest absolute Gasteiger partial charge is 0.218 e. The molecular weight excluding hydrogens is 248 g/mol. The Morgan fingerprint density at radius 2 is 1.94 bits per heavy atom. The summed E-state index contributed by atoms with van der Waals surface area (Å²) in [7, 11) is 0. The van der Waals surface area contributed by atoms with E-state index in [-0.39, 0.29) is 0 Å². The lowest BCUT2D eigenvalue weighted by Gasteiger charge is -2.25. The van der Waals surface area contributed by atoms with Crippen LogP contribution in [0.5, 0.6) is 0 Å². The number of carbonyl (C=O) groups is 1. The highest BCUT2D eigenvalue weighted by Gasteiger charge is 2.16. The standard InChI is InChI=1S/C12H14N4OS/c17-9-10-5-4-8-16(10)12-14-13-11(18-12)15-6-2-1-3-7-15/h4-5,8-9H,1-3,6-7H2. The van der Waals surface area contributed by atoms with Crippen LogP contribution in [-0.2, 0) is 0 Å². The summed E-state index contributed by atoms with van der Waals surface area (Å²) in [4.78, 5) is 13.2. The predicted molar refractivity (Wildman–Crippen MR) is 70.7 cm³/mol. The number of rotatable bonds is 3. The molecule has 0 saturated carbocycles. The third kappa shape index (κ3) is 2.03. The second kappa shape index (κ2) is 4.89. The maximum atomic E-state index is 10.9. The summed E-state index contributed by atoms with van der Waals surface area (Å²) in [5.74, 6) is 0.